The van der Waals surface area contributed by atoms with Crippen LogP contribution >= 0.6 is 27.3 Å². The second-order valence-electron chi connectivity index (χ2n) is 3.05. The molecule has 0 aliphatic carbocycles. The molecule has 1 aromatic carbocycles. The van der Waals surface area contributed by atoms with Gasteiger partial charge in [0.2, 0.25) is 0 Å². The summed E-state index contributed by atoms with van der Waals surface area (Å²) in [5.74, 6) is -0.344. The van der Waals surface area contributed by atoms with Gasteiger partial charge in [-0.25, -0.2) is 9.78 Å². The fraction of sp³-hybridized carbons (Fsp3) is 0.200. The van der Waals surface area contributed by atoms with Crippen molar-refractivity contribution in [2.24, 2.45) is 0 Å². The van der Waals surface area contributed by atoms with Crippen LogP contribution in [0.4, 0.5) is 5.13 Å². The van der Waals surface area contributed by atoms with E-state index in [2.05, 4.69) is 20.9 Å². The molecule has 1 aromatic heterocycles. The molecule has 0 fully saturated rings. The Kier molecular flexibility index (Phi) is 3.11. The molecule has 0 unspecified atom stereocenters. The van der Waals surface area contributed by atoms with E-state index in [0.717, 1.165) is 9.17 Å². The molecule has 6 heteroatoms. The van der Waals surface area contributed by atoms with Gasteiger partial charge in [0.1, 0.15) is 0 Å². The van der Waals surface area contributed by atoms with Crippen molar-refractivity contribution in [3.8, 4) is 0 Å². The lowest BCUT2D eigenvalue weighted by Crippen LogP contribution is -2.04. The summed E-state index contributed by atoms with van der Waals surface area (Å²) in [4.78, 5) is 15.8. The third-order valence-corrected chi connectivity index (χ3v) is 3.56. The number of halogens is 1. The van der Waals surface area contributed by atoms with Crippen LogP contribution in [0.1, 0.15) is 17.3 Å². The van der Waals surface area contributed by atoms with Crippen molar-refractivity contribution in [2.45, 2.75) is 6.92 Å². The first-order valence-electron chi connectivity index (χ1n) is 4.65. The standard InChI is InChI=1S/C10H9BrN2O2S/c1-2-15-9(14)5-3-4-6(11)7-8(5)16-10(12)13-7/h3-4H,2H2,1H3,(H2,12,13). The number of esters is 1. The van der Waals surface area contributed by atoms with Gasteiger partial charge in [0.15, 0.2) is 5.13 Å². The molecule has 0 aliphatic heterocycles. The Morgan fingerprint density at radius 1 is 1.62 bits per heavy atom. The average molecular weight is 301 g/mol. The first-order valence-corrected chi connectivity index (χ1v) is 6.26. The molecule has 0 atom stereocenters. The summed E-state index contributed by atoms with van der Waals surface area (Å²) in [6.07, 6.45) is 0. The van der Waals surface area contributed by atoms with Gasteiger partial charge in [0, 0.05) is 4.47 Å². The predicted octanol–water partition coefficient (Wildman–Crippen LogP) is 2.82. The first-order chi connectivity index (χ1) is 7.63. The summed E-state index contributed by atoms with van der Waals surface area (Å²) in [5, 5.41) is 0.437. The zero-order chi connectivity index (χ0) is 11.7. The lowest BCUT2D eigenvalue weighted by atomic mass is 10.2. The van der Waals surface area contributed by atoms with Crippen molar-refractivity contribution in [3.63, 3.8) is 0 Å². The Labute approximate surface area is 105 Å². The lowest BCUT2D eigenvalue weighted by Gasteiger charge is -2.02. The molecule has 0 aliphatic rings. The van der Waals surface area contributed by atoms with Gasteiger partial charge in [-0.15, -0.1) is 0 Å². The van der Waals surface area contributed by atoms with Crippen LogP contribution in [-0.2, 0) is 4.74 Å². The molecule has 16 heavy (non-hydrogen) atoms. The Hall–Kier alpha value is -1.14. The van der Waals surface area contributed by atoms with E-state index in [0.29, 0.717) is 22.8 Å². The minimum Gasteiger partial charge on any atom is -0.462 e. The maximum absolute atomic E-state index is 11.7. The summed E-state index contributed by atoms with van der Waals surface area (Å²) in [7, 11) is 0. The van der Waals surface area contributed by atoms with E-state index in [1.165, 1.54) is 11.3 Å². The van der Waals surface area contributed by atoms with Gasteiger partial charge >= 0.3 is 5.97 Å². The van der Waals surface area contributed by atoms with E-state index in [9.17, 15) is 4.79 Å². The summed E-state index contributed by atoms with van der Waals surface area (Å²) in [5.41, 5.74) is 6.85. The zero-order valence-corrected chi connectivity index (χ0v) is 10.9. The van der Waals surface area contributed by atoms with E-state index < -0.39 is 0 Å². The van der Waals surface area contributed by atoms with Crippen molar-refractivity contribution in [1.29, 1.82) is 0 Å². The topological polar surface area (TPSA) is 65.2 Å². The molecule has 1 heterocycles. The summed E-state index contributed by atoms with van der Waals surface area (Å²) in [6, 6.07) is 3.48. The monoisotopic (exact) mass is 300 g/mol. The third-order valence-electron chi connectivity index (χ3n) is 2.01. The highest BCUT2D eigenvalue weighted by atomic mass is 79.9. The van der Waals surface area contributed by atoms with Crippen LogP contribution in [0.5, 0.6) is 0 Å². The van der Waals surface area contributed by atoms with Gasteiger partial charge in [-0.05, 0) is 35.0 Å². The minimum atomic E-state index is -0.344. The van der Waals surface area contributed by atoms with Crippen molar-refractivity contribution in [3.05, 3.63) is 22.2 Å². The third kappa shape index (κ3) is 1.90. The highest BCUT2D eigenvalue weighted by Crippen LogP contribution is 2.32. The number of nitrogens with zero attached hydrogens (tertiary/aromatic N) is 1. The number of nitrogen functional groups attached to an aromatic ring is 1. The van der Waals surface area contributed by atoms with Crippen LogP contribution in [0.15, 0.2) is 16.6 Å². The number of anilines is 1. The molecule has 0 saturated heterocycles. The van der Waals surface area contributed by atoms with Crippen molar-refractivity contribution in [2.75, 3.05) is 12.3 Å². The number of hydrogen-bond donors (Lipinski definition) is 1. The number of aromatic nitrogens is 1. The fourth-order valence-electron chi connectivity index (χ4n) is 1.36. The molecule has 0 saturated carbocycles. The van der Waals surface area contributed by atoms with Crippen molar-refractivity contribution >= 4 is 48.6 Å². The SMILES string of the molecule is CCOC(=O)c1ccc(Br)c2nc(N)sc12. The molecule has 0 spiro atoms. The van der Waals surface area contributed by atoms with Gasteiger partial charge in [0.25, 0.3) is 0 Å². The quantitative estimate of drug-likeness (QED) is 0.866. The predicted molar refractivity (Wildman–Crippen MR) is 67.7 cm³/mol. The molecular formula is C10H9BrN2O2S. The van der Waals surface area contributed by atoms with E-state index in [1.54, 1.807) is 19.1 Å². The van der Waals surface area contributed by atoms with Crippen LogP contribution in [0.25, 0.3) is 10.2 Å². The largest absolute Gasteiger partial charge is 0.462 e. The number of fused-ring (bicyclic) bond motifs is 1. The fourth-order valence-corrected chi connectivity index (χ4v) is 2.77. The van der Waals surface area contributed by atoms with Gasteiger partial charge in [-0.3, -0.25) is 0 Å². The first kappa shape index (κ1) is 11.3. The van der Waals surface area contributed by atoms with Crippen molar-refractivity contribution in [1.82, 2.24) is 4.98 Å². The second-order valence-corrected chi connectivity index (χ2v) is 4.93. The number of ether oxygens (including phenoxy) is 1. The van der Waals surface area contributed by atoms with Gasteiger partial charge in [-0.2, -0.15) is 0 Å². The summed E-state index contributed by atoms with van der Waals surface area (Å²) in [6.45, 7) is 2.12. The number of benzene rings is 1. The van der Waals surface area contributed by atoms with Crippen LogP contribution in [-0.4, -0.2) is 17.6 Å². The van der Waals surface area contributed by atoms with Gasteiger partial charge in [-0.1, -0.05) is 11.3 Å². The molecular weight excluding hydrogens is 292 g/mol. The second kappa shape index (κ2) is 4.39. The summed E-state index contributed by atoms with van der Waals surface area (Å²) < 4.78 is 6.55. The molecule has 0 bridgehead atoms. The highest BCUT2D eigenvalue weighted by Gasteiger charge is 2.16. The molecule has 2 N–H and O–H groups in total. The maximum atomic E-state index is 11.7. The van der Waals surface area contributed by atoms with Crippen LogP contribution < -0.4 is 5.73 Å². The molecule has 0 radical (unpaired) electrons. The molecule has 2 rings (SSSR count). The van der Waals surface area contributed by atoms with Gasteiger partial charge < -0.3 is 10.5 Å². The Balaban J connectivity index is 2.62. The number of rotatable bonds is 2. The zero-order valence-electron chi connectivity index (χ0n) is 8.49. The number of hydrogen-bond acceptors (Lipinski definition) is 5. The van der Waals surface area contributed by atoms with Crippen molar-refractivity contribution < 1.29 is 9.53 Å². The van der Waals surface area contributed by atoms with E-state index in [-0.39, 0.29) is 5.97 Å². The highest BCUT2D eigenvalue weighted by molar-refractivity contribution is 9.10. The lowest BCUT2D eigenvalue weighted by molar-refractivity contribution is 0.0529. The Morgan fingerprint density at radius 3 is 3.06 bits per heavy atom. The summed E-state index contributed by atoms with van der Waals surface area (Å²) >= 11 is 4.65. The van der Waals surface area contributed by atoms with E-state index in [4.69, 9.17) is 10.5 Å². The number of thiazole rings is 1. The Morgan fingerprint density at radius 2 is 2.38 bits per heavy atom. The Bertz CT molecular complexity index is 553. The molecule has 84 valence electrons. The minimum absolute atomic E-state index is 0.344. The average Bonchev–Trinajstić information content (AvgIpc) is 2.61. The molecule has 2 aromatic rings. The van der Waals surface area contributed by atoms with E-state index >= 15 is 0 Å². The molecule has 4 nitrogen and oxygen atoms in total. The van der Waals surface area contributed by atoms with Gasteiger partial charge in [0.05, 0.1) is 22.4 Å². The molecule has 0 amide bonds. The number of nitrogens with two attached hydrogens (primary N) is 1. The van der Waals surface area contributed by atoms with Crippen LogP contribution in [0.3, 0.4) is 0 Å². The smallest absolute Gasteiger partial charge is 0.339 e. The van der Waals surface area contributed by atoms with Crippen LogP contribution in [0, 0.1) is 0 Å². The number of carbonyl (C=O) groups excluding carboxylic acids is 1. The maximum Gasteiger partial charge on any atom is 0.339 e. The van der Waals surface area contributed by atoms with E-state index in [1.807, 2.05) is 0 Å². The normalized spacial score (nSPS) is 10.6. The van der Waals surface area contributed by atoms with Crippen LogP contribution in [0.2, 0.25) is 0 Å². The number of carbonyl (C=O) groups is 1.